The summed E-state index contributed by atoms with van der Waals surface area (Å²) < 4.78 is 5.82. The van der Waals surface area contributed by atoms with Crippen molar-refractivity contribution in [1.82, 2.24) is 4.90 Å². The van der Waals surface area contributed by atoms with E-state index in [2.05, 4.69) is 36.9 Å². The van der Waals surface area contributed by atoms with Gasteiger partial charge in [0.25, 0.3) is 0 Å². The van der Waals surface area contributed by atoms with E-state index in [1.54, 1.807) is 12.1 Å². The summed E-state index contributed by atoms with van der Waals surface area (Å²) in [6, 6.07) is 13.6. The normalized spacial score (nSPS) is 10.8. The van der Waals surface area contributed by atoms with Crippen molar-refractivity contribution in [2.75, 3.05) is 20.2 Å². The monoisotopic (exact) mass is 312 g/mol. The van der Waals surface area contributed by atoms with Crippen molar-refractivity contribution in [2.45, 2.75) is 20.4 Å². The smallest absolute Gasteiger partial charge is 0.248 e. The molecule has 4 nitrogen and oxygen atoms in total. The lowest BCUT2D eigenvalue weighted by Gasteiger charge is -2.17. The minimum absolute atomic E-state index is 0.397. The zero-order valence-electron chi connectivity index (χ0n) is 14.0. The predicted molar refractivity (Wildman–Crippen MR) is 92.7 cm³/mol. The lowest BCUT2D eigenvalue weighted by molar-refractivity contribution is 0.100. The molecule has 0 aliphatic rings. The van der Waals surface area contributed by atoms with E-state index in [1.165, 1.54) is 11.1 Å². The van der Waals surface area contributed by atoms with Crippen LogP contribution in [0.15, 0.2) is 42.5 Å². The van der Waals surface area contributed by atoms with E-state index in [-0.39, 0.29) is 0 Å². The number of rotatable bonds is 7. The summed E-state index contributed by atoms with van der Waals surface area (Å²) in [5.74, 6) is 0.522. The fraction of sp³-hybridized carbons (Fsp3) is 0.316. The lowest BCUT2D eigenvalue weighted by Crippen LogP contribution is -2.24. The van der Waals surface area contributed by atoms with Crippen LogP contribution < -0.4 is 10.5 Å². The van der Waals surface area contributed by atoms with Crippen LogP contribution in [0.1, 0.15) is 27.0 Å². The van der Waals surface area contributed by atoms with E-state index >= 15 is 0 Å². The Balaban J connectivity index is 1.80. The summed E-state index contributed by atoms with van der Waals surface area (Å²) in [5, 5.41) is 0. The van der Waals surface area contributed by atoms with E-state index in [4.69, 9.17) is 10.5 Å². The largest absolute Gasteiger partial charge is 0.492 e. The molecule has 2 rings (SSSR count). The zero-order valence-corrected chi connectivity index (χ0v) is 14.0. The van der Waals surface area contributed by atoms with Crippen molar-refractivity contribution in [1.29, 1.82) is 0 Å². The van der Waals surface area contributed by atoms with Crippen molar-refractivity contribution < 1.29 is 9.53 Å². The lowest BCUT2D eigenvalue weighted by atomic mass is 10.1. The van der Waals surface area contributed by atoms with Gasteiger partial charge in [-0.2, -0.15) is 0 Å². The summed E-state index contributed by atoms with van der Waals surface area (Å²) in [6.07, 6.45) is 0. The van der Waals surface area contributed by atoms with Gasteiger partial charge in [-0.15, -0.1) is 0 Å². The van der Waals surface area contributed by atoms with Gasteiger partial charge < -0.3 is 10.5 Å². The molecule has 122 valence electrons. The molecule has 0 heterocycles. The number of nitrogens with two attached hydrogens (primary N) is 1. The number of hydrogen-bond acceptors (Lipinski definition) is 3. The molecular formula is C19H24N2O2. The van der Waals surface area contributed by atoms with Crippen molar-refractivity contribution in [2.24, 2.45) is 5.73 Å². The Morgan fingerprint density at radius 2 is 1.70 bits per heavy atom. The maximum atomic E-state index is 11.1. The van der Waals surface area contributed by atoms with E-state index in [1.807, 2.05) is 19.2 Å². The van der Waals surface area contributed by atoms with Crippen LogP contribution >= 0.6 is 0 Å². The molecule has 0 atom stereocenters. The van der Waals surface area contributed by atoms with Crippen LogP contribution in [0.2, 0.25) is 0 Å². The van der Waals surface area contributed by atoms with Gasteiger partial charge in [-0.3, -0.25) is 9.69 Å². The second-order valence-corrected chi connectivity index (χ2v) is 5.97. The van der Waals surface area contributed by atoms with Crippen LogP contribution in [-0.2, 0) is 6.54 Å². The molecule has 0 saturated heterocycles. The Kier molecular flexibility index (Phi) is 5.77. The first kappa shape index (κ1) is 17.0. The molecule has 0 aromatic heterocycles. The summed E-state index contributed by atoms with van der Waals surface area (Å²) in [4.78, 5) is 13.2. The van der Waals surface area contributed by atoms with Crippen LogP contribution in [0, 0.1) is 13.8 Å². The van der Waals surface area contributed by atoms with E-state index < -0.39 is 5.91 Å². The highest BCUT2D eigenvalue weighted by molar-refractivity contribution is 5.92. The molecule has 0 radical (unpaired) electrons. The van der Waals surface area contributed by atoms with Crippen molar-refractivity contribution in [3.8, 4) is 5.75 Å². The Hall–Kier alpha value is -2.33. The summed E-state index contributed by atoms with van der Waals surface area (Å²) in [5.41, 5.74) is 9.34. The molecular weight excluding hydrogens is 288 g/mol. The number of nitrogens with zero attached hydrogens (tertiary/aromatic N) is 1. The first-order chi connectivity index (χ1) is 10.9. The van der Waals surface area contributed by atoms with Gasteiger partial charge in [-0.05, 0) is 61.9 Å². The quantitative estimate of drug-likeness (QED) is 0.855. The Bertz CT molecular complexity index is 645. The topological polar surface area (TPSA) is 55.6 Å². The maximum absolute atomic E-state index is 11.1. The second-order valence-electron chi connectivity index (χ2n) is 5.97. The molecule has 0 aliphatic heterocycles. The number of carbonyl (C=O) groups is 1. The third-order valence-corrected chi connectivity index (χ3v) is 3.63. The number of carbonyl (C=O) groups excluding carboxylic acids is 1. The average molecular weight is 312 g/mol. The van der Waals surface area contributed by atoms with Crippen LogP contribution in [0.4, 0.5) is 0 Å². The Morgan fingerprint density at radius 3 is 2.26 bits per heavy atom. The third-order valence-electron chi connectivity index (χ3n) is 3.63. The van der Waals surface area contributed by atoms with E-state index in [9.17, 15) is 4.79 Å². The van der Waals surface area contributed by atoms with Gasteiger partial charge >= 0.3 is 0 Å². The molecule has 1 amide bonds. The standard InChI is InChI=1S/C19H24N2O2/c1-14-10-15(2)12-18(11-14)23-9-8-21(3)13-16-4-6-17(7-5-16)19(20)22/h4-7,10-12H,8-9,13H2,1-3H3,(H2,20,22). The van der Waals surface area contributed by atoms with Gasteiger partial charge in [-0.1, -0.05) is 18.2 Å². The molecule has 4 heteroatoms. The van der Waals surface area contributed by atoms with Crippen molar-refractivity contribution >= 4 is 5.91 Å². The van der Waals surface area contributed by atoms with Gasteiger partial charge in [-0.25, -0.2) is 0 Å². The molecule has 0 bridgehead atoms. The number of primary amides is 1. The van der Waals surface area contributed by atoms with Gasteiger partial charge in [0, 0.05) is 18.7 Å². The second kappa shape index (κ2) is 7.79. The summed E-state index contributed by atoms with van der Waals surface area (Å²) >= 11 is 0. The highest BCUT2D eigenvalue weighted by Gasteiger charge is 2.04. The number of ether oxygens (including phenoxy) is 1. The zero-order chi connectivity index (χ0) is 16.8. The molecule has 2 aromatic carbocycles. The minimum Gasteiger partial charge on any atom is -0.492 e. The SMILES string of the molecule is Cc1cc(C)cc(OCCN(C)Cc2ccc(C(N)=O)cc2)c1. The van der Waals surface area contributed by atoms with Crippen LogP contribution in [0.25, 0.3) is 0 Å². The van der Waals surface area contributed by atoms with Crippen molar-refractivity contribution in [3.63, 3.8) is 0 Å². The molecule has 0 fully saturated rings. The van der Waals surface area contributed by atoms with Crippen molar-refractivity contribution in [3.05, 3.63) is 64.7 Å². The number of likely N-dealkylation sites (N-methyl/N-ethyl adjacent to an activating group) is 1. The first-order valence-electron chi connectivity index (χ1n) is 7.72. The van der Waals surface area contributed by atoms with E-state index in [0.717, 1.165) is 24.4 Å². The Labute approximate surface area is 137 Å². The fourth-order valence-electron chi connectivity index (χ4n) is 2.50. The molecule has 2 N–H and O–H groups in total. The highest BCUT2D eigenvalue weighted by Crippen LogP contribution is 2.16. The highest BCUT2D eigenvalue weighted by atomic mass is 16.5. The number of amides is 1. The van der Waals surface area contributed by atoms with Gasteiger partial charge in [0.1, 0.15) is 12.4 Å². The minimum atomic E-state index is -0.397. The summed E-state index contributed by atoms with van der Waals surface area (Å²) in [6.45, 7) is 6.40. The van der Waals surface area contributed by atoms with Crippen LogP contribution in [-0.4, -0.2) is 31.0 Å². The predicted octanol–water partition coefficient (Wildman–Crippen LogP) is 2.91. The number of benzene rings is 2. The molecule has 2 aromatic rings. The van der Waals surface area contributed by atoms with Gasteiger partial charge in [0.05, 0.1) is 0 Å². The van der Waals surface area contributed by atoms with Crippen LogP contribution in [0.3, 0.4) is 0 Å². The van der Waals surface area contributed by atoms with Gasteiger partial charge in [0.15, 0.2) is 0 Å². The molecule has 0 spiro atoms. The average Bonchev–Trinajstić information content (AvgIpc) is 2.46. The summed E-state index contributed by atoms with van der Waals surface area (Å²) in [7, 11) is 2.05. The number of hydrogen-bond donors (Lipinski definition) is 1. The number of aryl methyl sites for hydroxylation is 2. The molecule has 0 aliphatic carbocycles. The first-order valence-corrected chi connectivity index (χ1v) is 7.72. The molecule has 0 saturated carbocycles. The van der Waals surface area contributed by atoms with E-state index in [0.29, 0.717) is 12.2 Å². The molecule has 0 unspecified atom stereocenters. The van der Waals surface area contributed by atoms with Crippen LogP contribution in [0.5, 0.6) is 5.75 Å². The molecule has 23 heavy (non-hydrogen) atoms. The maximum Gasteiger partial charge on any atom is 0.248 e. The Morgan fingerprint density at radius 1 is 1.09 bits per heavy atom. The fourth-order valence-corrected chi connectivity index (χ4v) is 2.50. The van der Waals surface area contributed by atoms with Gasteiger partial charge in [0.2, 0.25) is 5.91 Å². The third kappa shape index (κ3) is 5.42.